The van der Waals surface area contributed by atoms with Crippen molar-refractivity contribution in [2.75, 3.05) is 6.54 Å². The van der Waals surface area contributed by atoms with Crippen molar-refractivity contribution in [2.24, 2.45) is 5.73 Å². The zero-order valence-corrected chi connectivity index (χ0v) is 8.30. The average Bonchev–Trinajstić information content (AvgIpc) is 2.36. The predicted molar refractivity (Wildman–Crippen MR) is 48.3 cm³/mol. The van der Waals surface area contributed by atoms with Crippen molar-refractivity contribution in [3.8, 4) is 0 Å². The highest BCUT2D eigenvalue weighted by molar-refractivity contribution is 9.10. The number of hydrogen-bond donors (Lipinski definition) is 1. The number of nitrogens with two attached hydrogens (primary N) is 1. The standard InChI is InChI=1S/C7H12BrN3/c1-7(2,5-9)11-4-6(8)3-10-11/h3-4H,5,9H2,1-2H3. The maximum absolute atomic E-state index is 5.57. The fraction of sp³-hybridized carbons (Fsp3) is 0.571. The van der Waals surface area contributed by atoms with Gasteiger partial charge in [0, 0.05) is 12.7 Å². The first-order chi connectivity index (χ1) is 5.06. The smallest absolute Gasteiger partial charge is 0.0693 e. The van der Waals surface area contributed by atoms with E-state index in [1.165, 1.54) is 0 Å². The van der Waals surface area contributed by atoms with Gasteiger partial charge >= 0.3 is 0 Å². The van der Waals surface area contributed by atoms with Crippen molar-refractivity contribution in [3.05, 3.63) is 16.9 Å². The normalized spacial score (nSPS) is 12.0. The largest absolute Gasteiger partial charge is 0.328 e. The molecule has 0 fully saturated rings. The molecule has 11 heavy (non-hydrogen) atoms. The second kappa shape index (κ2) is 2.95. The molecule has 0 unspecified atom stereocenters. The van der Waals surface area contributed by atoms with Gasteiger partial charge in [0.05, 0.1) is 16.2 Å². The van der Waals surface area contributed by atoms with E-state index in [1.807, 2.05) is 24.7 Å². The fourth-order valence-corrected chi connectivity index (χ4v) is 1.01. The van der Waals surface area contributed by atoms with Crippen molar-refractivity contribution in [1.29, 1.82) is 0 Å². The molecule has 62 valence electrons. The van der Waals surface area contributed by atoms with E-state index >= 15 is 0 Å². The van der Waals surface area contributed by atoms with Crippen molar-refractivity contribution in [2.45, 2.75) is 19.4 Å². The number of halogens is 1. The summed E-state index contributed by atoms with van der Waals surface area (Å²) in [6.45, 7) is 4.68. The fourth-order valence-electron chi connectivity index (χ4n) is 0.725. The van der Waals surface area contributed by atoms with E-state index in [0.29, 0.717) is 6.54 Å². The van der Waals surface area contributed by atoms with Crippen LogP contribution >= 0.6 is 15.9 Å². The van der Waals surface area contributed by atoms with Crippen LogP contribution in [0.4, 0.5) is 0 Å². The maximum Gasteiger partial charge on any atom is 0.0693 e. The number of nitrogens with zero attached hydrogens (tertiary/aromatic N) is 2. The van der Waals surface area contributed by atoms with Crippen LogP contribution in [-0.4, -0.2) is 16.3 Å². The Bertz CT molecular complexity index is 242. The van der Waals surface area contributed by atoms with Gasteiger partial charge in [0.15, 0.2) is 0 Å². The molecule has 0 aliphatic heterocycles. The van der Waals surface area contributed by atoms with E-state index in [-0.39, 0.29) is 5.54 Å². The zero-order chi connectivity index (χ0) is 8.48. The molecule has 0 saturated heterocycles. The number of aromatic nitrogens is 2. The molecular formula is C7H12BrN3. The van der Waals surface area contributed by atoms with E-state index in [2.05, 4.69) is 21.0 Å². The molecule has 0 saturated carbocycles. The average molecular weight is 218 g/mol. The summed E-state index contributed by atoms with van der Waals surface area (Å²) in [5, 5.41) is 4.15. The van der Waals surface area contributed by atoms with E-state index in [4.69, 9.17) is 5.73 Å². The lowest BCUT2D eigenvalue weighted by Gasteiger charge is -2.22. The van der Waals surface area contributed by atoms with Crippen LogP contribution in [0.5, 0.6) is 0 Å². The van der Waals surface area contributed by atoms with Crippen LogP contribution in [0, 0.1) is 0 Å². The second-order valence-electron chi connectivity index (χ2n) is 3.12. The molecule has 1 rings (SSSR count). The molecule has 3 nitrogen and oxygen atoms in total. The van der Waals surface area contributed by atoms with Gasteiger partial charge in [-0.3, -0.25) is 4.68 Å². The Kier molecular flexibility index (Phi) is 2.34. The van der Waals surface area contributed by atoms with E-state index in [9.17, 15) is 0 Å². The van der Waals surface area contributed by atoms with Gasteiger partial charge in [0.25, 0.3) is 0 Å². The lowest BCUT2D eigenvalue weighted by atomic mass is 10.1. The monoisotopic (exact) mass is 217 g/mol. The molecule has 0 aliphatic rings. The van der Waals surface area contributed by atoms with Gasteiger partial charge in [-0.2, -0.15) is 5.10 Å². The summed E-state index contributed by atoms with van der Waals surface area (Å²) < 4.78 is 2.84. The van der Waals surface area contributed by atoms with Gasteiger partial charge in [-0.05, 0) is 29.8 Å². The third kappa shape index (κ3) is 1.81. The molecule has 0 bridgehead atoms. The predicted octanol–water partition coefficient (Wildman–Crippen LogP) is 1.34. The first kappa shape index (κ1) is 8.74. The van der Waals surface area contributed by atoms with Crippen LogP contribution in [-0.2, 0) is 5.54 Å². The summed E-state index contributed by atoms with van der Waals surface area (Å²) in [7, 11) is 0. The molecule has 0 aliphatic carbocycles. The quantitative estimate of drug-likeness (QED) is 0.813. The molecule has 0 atom stereocenters. The summed E-state index contributed by atoms with van der Waals surface area (Å²) in [5.41, 5.74) is 5.48. The Morgan fingerprint density at radius 2 is 2.36 bits per heavy atom. The van der Waals surface area contributed by atoms with Gasteiger partial charge in [0.2, 0.25) is 0 Å². The Morgan fingerprint density at radius 1 is 1.73 bits per heavy atom. The Hall–Kier alpha value is -0.350. The third-order valence-electron chi connectivity index (χ3n) is 1.67. The summed E-state index contributed by atoms with van der Waals surface area (Å²) in [4.78, 5) is 0. The van der Waals surface area contributed by atoms with Gasteiger partial charge < -0.3 is 5.73 Å². The van der Waals surface area contributed by atoms with Gasteiger partial charge in [-0.25, -0.2) is 0 Å². The highest BCUT2D eigenvalue weighted by Crippen LogP contribution is 2.15. The topological polar surface area (TPSA) is 43.8 Å². The van der Waals surface area contributed by atoms with Crippen molar-refractivity contribution in [3.63, 3.8) is 0 Å². The Balaban J connectivity index is 2.92. The minimum absolute atomic E-state index is 0.0913. The minimum atomic E-state index is -0.0913. The van der Waals surface area contributed by atoms with Crippen LogP contribution in [0.1, 0.15) is 13.8 Å². The summed E-state index contributed by atoms with van der Waals surface area (Å²) >= 11 is 3.33. The van der Waals surface area contributed by atoms with E-state index < -0.39 is 0 Å². The van der Waals surface area contributed by atoms with E-state index in [1.54, 1.807) is 6.20 Å². The molecular weight excluding hydrogens is 206 g/mol. The molecule has 2 N–H and O–H groups in total. The van der Waals surface area contributed by atoms with Crippen LogP contribution in [0.25, 0.3) is 0 Å². The molecule has 1 aromatic rings. The molecule has 0 radical (unpaired) electrons. The first-order valence-electron chi connectivity index (χ1n) is 3.47. The summed E-state index contributed by atoms with van der Waals surface area (Å²) in [6.07, 6.45) is 3.68. The number of hydrogen-bond acceptors (Lipinski definition) is 2. The Labute approximate surface area is 74.7 Å². The summed E-state index contributed by atoms with van der Waals surface area (Å²) in [6, 6.07) is 0. The molecule has 0 spiro atoms. The molecule has 1 aromatic heterocycles. The van der Waals surface area contributed by atoms with Gasteiger partial charge in [-0.15, -0.1) is 0 Å². The minimum Gasteiger partial charge on any atom is -0.328 e. The lowest BCUT2D eigenvalue weighted by Crippen LogP contribution is -2.35. The van der Waals surface area contributed by atoms with Crippen molar-refractivity contribution >= 4 is 15.9 Å². The van der Waals surface area contributed by atoms with E-state index in [0.717, 1.165) is 4.47 Å². The summed E-state index contributed by atoms with van der Waals surface area (Å²) in [5.74, 6) is 0. The molecule has 0 amide bonds. The molecule has 1 heterocycles. The van der Waals surface area contributed by atoms with Crippen LogP contribution in [0.3, 0.4) is 0 Å². The SMILES string of the molecule is CC(C)(CN)n1cc(Br)cn1. The van der Waals surface area contributed by atoms with Crippen LogP contribution in [0.15, 0.2) is 16.9 Å². The highest BCUT2D eigenvalue weighted by Gasteiger charge is 2.18. The number of rotatable bonds is 2. The van der Waals surface area contributed by atoms with Crippen molar-refractivity contribution in [1.82, 2.24) is 9.78 Å². The van der Waals surface area contributed by atoms with Gasteiger partial charge in [-0.1, -0.05) is 0 Å². The zero-order valence-electron chi connectivity index (χ0n) is 6.71. The van der Waals surface area contributed by atoms with Crippen molar-refractivity contribution < 1.29 is 0 Å². The highest BCUT2D eigenvalue weighted by atomic mass is 79.9. The molecule has 0 aromatic carbocycles. The molecule has 4 heteroatoms. The maximum atomic E-state index is 5.57. The second-order valence-corrected chi connectivity index (χ2v) is 4.04. The Morgan fingerprint density at radius 3 is 2.73 bits per heavy atom. The first-order valence-corrected chi connectivity index (χ1v) is 4.26. The van der Waals surface area contributed by atoms with Gasteiger partial charge in [0.1, 0.15) is 0 Å². The van der Waals surface area contributed by atoms with Crippen LogP contribution in [0.2, 0.25) is 0 Å². The lowest BCUT2D eigenvalue weighted by molar-refractivity contribution is 0.330. The third-order valence-corrected chi connectivity index (χ3v) is 2.08. The van der Waals surface area contributed by atoms with Crippen LogP contribution < -0.4 is 5.73 Å².